The first kappa shape index (κ1) is 19.1. The van der Waals surface area contributed by atoms with E-state index in [0.717, 1.165) is 68.8 Å². The lowest BCUT2D eigenvalue weighted by Crippen LogP contribution is -2.57. The maximum Gasteiger partial charge on any atom is 0.254 e. The summed E-state index contributed by atoms with van der Waals surface area (Å²) in [6, 6.07) is 18.1. The maximum atomic E-state index is 12.8. The quantitative estimate of drug-likeness (QED) is 0.848. The molecule has 156 valence electrons. The van der Waals surface area contributed by atoms with Crippen LogP contribution in [-0.4, -0.2) is 66.5 Å². The number of hydrogen-bond acceptors (Lipinski definition) is 4. The van der Waals surface area contributed by atoms with E-state index in [0.29, 0.717) is 6.67 Å². The SMILES string of the molecule is O=C1c2ccccc2CCN1CCN1CCC2(CC1)C(=O)NCN2c1ccccc1. The first-order valence-corrected chi connectivity index (χ1v) is 10.9. The van der Waals surface area contributed by atoms with Gasteiger partial charge in [-0.25, -0.2) is 0 Å². The van der Waals surface area contributed by atoms with Crippen LogP contribution in [0.4, 0.5) is 5.69 Å². The van der Waals surface area contributed by atoms with E-state index in [1.807, 2.05) is 41.3 Å². The van der Waals surface area contributed by atoms with E-state index >= 15 is 0 Å². The third-order valence-electron chi connectivity index (χ3n) is 6.96. The number of nitrogens with one attached hydrogen (secondary N) is 1. The molecule has 0 aliphatic carbocycles. The van der Waals surface area contributed by atoms with Crippen molar-refractivity contribution in [2.24, 2.45) is 0 Å². The Kier molecular flexibility index (Phi) is 4.95. The van der Waals surface area contributed by atoms with Crippen molar-refractivity contribution >= 4 is 17.5 Å². The van der Waals surface area contributed by atoms with Crippen molar-refractivity contribution in [2.45, 2.75) is 24.8 Å². The lowest BCUT2D eigenvalue weighted by Gasteiger charge is -2.43. The fourth-order valence-electron chi connectivity index (χ4n) is 5.13. The molecule has 3 aliphatic heterocycles. The molecule has 3 aliphatic rings. The monoisotopic (exact) mass is 404 g/mol. The summed E-state index contributed by atoms with van der Waals surface area (Å²) in [4.78, 5) is 32.2. The Balaban J connectivity index is 1.20. The molecule has 0 saturated carbocycles. The van der Waals surface area contributed by atoms with Crippen LogP contribution in [0.2, 0.25) is 0 Å². The van der Waals surface area contributed by atoms with Gasteiger partial charge in [0.15, 0.2) is 0 Å². The Morgan fingerprint density at radius 2 is 1.60 bits per heavy atom. The molecule has 2 aromatic carbocycles. The molecule has 30 heavy (non-hydrogen) atoms. The Morgan fingerprint density at radius 1 is 0.867 bits per heavy atom. The van der Waals surface area contributed by atoms with Crippen LogP contribution in [0.15, 0.2) is 54.6 Å². The van der Waals surface area contributed by atoms with Gasteiger partial charge in [-0.3, -0.25) is 9.59 Å². The molecule has 2 amide bonds. The van der Waals surface area contributed by atoms with Crippen molar-refractivity contribution < 1.29 is 9.59 Å². The smallest absolute Gasteiger partial charge is 0.254 e. The number of anilines is 1. The topological polar surface area (TPSA) is 55.9 Å². The second-order valence-corrected chi connectivity index (χ2v) is 8.50. The van der Waals surface area contributed by atoms with Crippen molar-refractivity contribution in [3.8, 4) is 0 Å². The average Bonchev–Trinajstić information content (AvgIpc) is 3.11. The summed E-state index contributed by atoms with van der Waals surface area (Å²) in [6.07, 6.45) is 2.55. The van der Waals surface area contributed by atoms with Crippen molar-refractivity contribution in [3.63, 3.8) is 0 Å². The number of para-hydroxylation sites is 1. The summed E-state index contributed by atoms with van der Waals surface area (Å²) in [6.45, 7) is 4.71. The van der Waals surface area contributed by atoms with Gasteiger partial charge in [0.1, 0.15) is 5.54 Å². The van der Waals surface area contributed by atoms with Gasteiger partial charge in [0, 0.05) is 44.0 Å². The predicted molar refractivity (Wildman–Crippen MR) is 116 cm³/mol. The number of fused-ring (bicyclic) bond motifs is 1. The number of benzene rings is 2. The van der Waals surface area contributed by atoms with Gasteiger partial charge in [-0.1, -0.05) is 36.4 Å². The van der Waals surface area contributed by atoms with E-state index < -0.39 is 5.54 Å². The highest BCUT2D eigenvalue weighted by Crippen LogP contribution is 2.36. The number of rotatable bonds is 4. The molecule has 6 heteroatoms. The van der Waals surface area contributed by atoms with Gasteiger partial charge < -0.3 is 20.0 Å². The van der Waals surface area contributed by atoms with Crippen LogP contribution >= 0.6 is 0 Å². The predicted octanol–water partition coefficient (Wildman–Crippen LogP) is 2.11. The molecule has 2 aromatic rings. The summed E-state index contributed by atoms with van der Waals surface area (Å²) in [5, 5.41) is 3.06. The Hall–Kier alpha value is -2.86. The highest BCUT2D eigenvalue weighted by Gasteiger charge is 2.50. The third kappa shape index (κ3) is 3.25. The number of nitrogens with zero attached hydrogens (tertiary/aromatic N) is 3. The van der Waals surface area contributed by atoms with E-state index in [9.17, 15) is 9.59 Å². The second-order valence-electron chi connectivity index (χ2n) is 8.50. The van der Waals surface area contributed by atoms with Crippen molar-refractivity contribution in [1.82, 2.24) is 15.1 Å². The number of hydrogen-bond donors (Lipinski definition) is 1. The van der Waals surface area contributed by atoms with Crippen LogP contribution in [0.25, 0.3) is 0 Å². The Morgan fingerprint density at radius 3 is 2.40 bits per heavy atom. The van der Waals surface area contributed by atoms with E-state index in [1.165, 1.54) is 0 Å². The Bertz CT molecular complexity index is 937. The molecule has 0 radical (unpaired) electrons. The van der Waals surface area contributed by atoms with Gasteiger partial charge in [0.05, 0.1) is 6.67 Å². The van der Waals surface area contributed by atoms with Gasteiger partial charge in [0.2, 0.25) is 5.91 Å². The fourth-order valence-corrected chi connectivity index (χ4v) is 5.13. The fraction of sp³-hybridized carbons (Fsp3) is 0.417. The second kappa shape index (κ2) is 7.76. The maximum absolute atomic E-state index is 12.8. The molecule has 0 unspecified atom stereocenters. The summed E-state index contributed by atoms with van der Waals surface area (Å²) in [7, 11) is 0. The molecule has 2 saturated heterocycles. The normalized spacial score (nSPS) is 21.1. The van der Waals surface area contributed by atoms with Gasteiger partial charge in [-0.2, -0.15) is 0 Å². The first-order valence-electron chi connectivity index (χ1n) is 10.9. The number of carbonyl (C=O) groups excluding carboxylic acids is 2. The largest absolute Gasteiger partial charge is 0.339 e. The zero-order chi connectivity index (χ0) is 20.6. The molecule has 3 heterocycles. The summed E-state index contributed by atoms with van der Waals surface area (Å²) < 4.78 is 0. The Labute approximate surface area is 177 Å². The minimum Gasteiger partial charge on any atom is -0.339 e. The standard InChI is InChI=1S/C24H28N4O2/c29-22-21-9-5-4-6-19(21)10-13-27(22)17-16-26-14-11-24(12-15-26)23(30)25-18-28(24)20-7-2-1-3-8-20/h1-9H,10-18H2,(H,25,30). The molecular formula is C24H28N4O2. The lowest BCUT2D eigenvalue weighted by molar-refractivity contribution is -0.125. The molecule has 5 rings (SSSR count). The summed E-state index contributed by atoms with van der Waals surface area (Å²) >= 11 is 0. The van der Waals surface area contributed by atoms with Gasteiger partial charge in [-0.15, -0.1) is 0 Å². The van der Waals surface area contributed by atoms with E-state index in [-0.39, 0.29) is 11.8 Å². The van der Waals surface area contributed by atoms with Crippen LogP contribution < -0.4 is 10.2 Å². The van der Waals surface area contributed by atoms with Crippen LogP contribution in [0.3, 0.4) is 0 Å². The molecule has 1 spiro atoms. The van der Waals surface area contributed by atoms with E-state index in [2.05, 4.69) is 33.3 Å². The highest BCUT2D eigenvalue weighted by atomic mass is 16.2. The zero-order valence-electron chi connectivity index (χ0n) is 17.2. The number of amides is 2. The molecule has 2 fully saturated rings. The van der Waals surface area contributed by atoms with E-state index in [4.69, 9.17) is 0 Å². The van der Waals surface area contributed by atoms with Crippen LogP contribution in [0.1, 0.15) is 28.8 Å². The van der Waals surface area contributed by atoms with Crippen LogP contribution in [0.5, 0.6) is 0 Å². The lowest BCUT2D eigenvalue weighted by atomic mass is 9.85. The molecule has 0 atom stereocenters. The van der Waals surface area contributed by atoms with Crippen molar-refractivity contribution in [1.29, 1.82) is 0 Å². The molecule has 6 nitrogen and oxygen atoms in total. The highest BCUT2D eigenvalue weighted by molar-refractivity contribution is 5.96. The molecule has 0 bridgehead atoms. The molecule has 0 aromatic heterocycles. The molecule has 1 N–H and O–H groups in total. The van der Waals surface area contributed by atoms with Gasteiger partial charge in [-0.05, 0) is 43.0 Å². The average molecular weight is 405 g/mol. The minimum atomic E-state index is -0.447. The number of piperidine rings is 1. The minimum absolute atomic E-state index is 0.147. The van der Waals surface area contributed by atoms with Crippen LogP contribution in [-0.2, 0) is 11.2 Å². The van der Waals surface area contributed by atoms with Gasteiger partial charge in [0.25, 0.3) is 5.91 Å². The van der Waals surface area contributed by atoms with Crippen molar-refractivity contribution in [2.75, 3.05) is 44.3 Å². The van der Waals surface area contributed by atoms with Gasteiger partial charge >= 0.3 is 0 Å². The summed E-state index contributed by atoms with van der Waals surface area (Å²) in [5.74, 6) is 0.296. The zero-order valence-corrected chi connectivity index (χ0v) is 17.2. The summed E-state index contributed by atoms with van der Waals surface area (Å²) in [5.41, 5.74) is 2.66. The third-order valence-corrected chi connectivity index (χ3v) is 6.96. The number of likely N-dealkylation sites (tertiary alicyclic amines) is 1. The molecular weight excluding hydrogens is 376 g/mol. The van der Waals surface area contributed by atoms with E-state index in [1.54, 1.807) is 0 Å². The van der Waals surface area contributed by atoms with Crippen molar-refractivity contribution in [3.05, 3.63) is 65.7 Å². The first-order chi connectivity index (χ1) is 14.7. The number of carbonyl (C=O) groups is 2. The van der Waals surface area contributed by atoms with Crippen LogP contribution in [0, 0.1) is 0 Å².